The minimum absolute atomic E-state index is 0.0894. The zero-order valence-corrected chi connectivity index (χ0v) is 20.9. The summed E-state index contributed by atoms with van der Waals surface area (Å²) >= 11 is 6.61. The molecule has 0 aliphatic carbocycles. The Morgan fingerprint density at radius 3 is 2.58 bits per heavy atom. The van der Waals surface area contributed by atoms with Crippen LogP contribution in [0.5, 0.6) is 5.75 Å². The van der Waals surface area contributed by atoms with Crippen molar-refractivity contribution in [3.05, 3.63) is 70.8 Å². The molecule has 1 amide bonds. The van der Waals surface area contributed by atoms with Gasteiger partial charge in [0, 0.05) is 24.4 Å². The van der Waals surface area contributed by atoms with Crippen molar-refractivity contribution in [3.8, 4) is 22.7 Å². The van der Waals surface area contributed by atoms with Crippen molar-refractivity contribution in [3.63, 3.8) is 0 Å². The fourth-order valence-electron chi connectivity index (χ4n) is 3.48. The van der Waals surface area contributed by atoms with Gasteiger partial charge in [-0.05, 0) is 61.2 Å². The van der Waals surface area contributed by atoms with E-state index in [4.69, 9.17) is 22.1 Å². The van der Waals surface area contributed by atoms with Crippen LogP contribution in [0.1, 0.15) is 31.4 Å². The highest BCUT2D eigenvalue weighted by atomic mass is 32.2. The fourth-order valence-corrected chi connectivity index (χ4v) is 4.65. The largest absolute Gasteiger partial charge is 0.493 e. The number of para-hydroxylation sites is 1. The minimum Gasteiger partial charge on any atom is -0.493 e. The highest BCUT2D eigenvalue weighted by Gasteiger charge is 2.29. The lowest BCUT2D eigenvalue weighted by Gasteiger charge is -2.11. The average Bonchev–Trinajstić information content (AvgIpc) is 3.32. The molecule has 0 atom stereocenters. The van der Waals surface area contributed by atoms with Crippen LogP contribution in [0.25, 0.3) is 23.0 Å². The summed E-state index contributed by atoms with van der Waals surface area (Å²) < 4.78 is 8.38. The summed E-state index contributed by atoms with van der Waals surface area (Å²) in [5.74, 6) is 1.40. The quantitative estimate of drug-likeness (QED) is 0.304. The Bertz CT molecular complexity index is 1220. The van der Waals surface area contributed by atoms with Crippen molar-refractivity contribution in [2.24, 2.45) is 5.92 Å². The van der Waals surface area contributed by atoms with Crippen LogP contribution < -0.4 is 4.74 Å². The van der Waals surface area contributed by atoms with Crippen molar-refractivity contribution in [1.29, 1.82) is 0 Å². The number of carbonyl (C=O) groups excluding carboxylic acids is 1. The number of hydrogen-bond donors (Lipinski definition) is 0. The number of thioether (sulfide) groups is 1. The summed E-state index contributed by atoms with van der Waals surface area (Å²) in [4.78, 5) is 14.7. The molecule has 3 aromatic rings. The first-order valence-corrected chi connectivity index (χ1v) is 12.2. The predicted octanol–water partition coefficient (Wildman–Crippen LogP) is 6.10. The molecule has 0 N–H and O–H groups in total. The van der Waals surface area contributed by atoms with Crippen molar-refractivity contribution < 1.29 is 9.53 Å². The lowest BCUT2D eigenvalue weighted by molar-refractivity contribution is -0.121. The molecule has 170 valence electrons. The molecule has 1 aliphatic rings. The van der Waals surface area contributed by atoms with Crippen LogP contribution in [0.3, 0.4) is 0 Å². The second kappa shape index (κ2) is 9.93. The number of benzene rings is 2. The Morgan fingerprint density at radius 1 is 1.18 bits per heavy atom. The van der Waals surface area contributed by atoms with Gasteiger partial charge in [0.05, 0.1) is 17.2 Å². The number of amides is 1. The van der Waals surface area contributed by atoms with Gasteiger partial charge >= 0.3 is 0 Å². The number of aromatic nitrogens is 2. The average molecular weight is 478 g/mol. The molecule has 7 heteroatoms. The molecule has 0 spiro atoms. The topological polar surface area (TPSA) is 47.4 Å². The van der Waals surface area contributed by atoms with E-state index in [-0.39, 0.29) is 5.91 Å². The summed E-state index contributed by atoms with van der Waals surface area (Å²) in [6, 6.07) is 16.1. The van der Waals surface area contributed by atoms with Crippen LogP contribution >= 0.6 is 24.0 Å². The Kier molecular flexibility index (Phi) is 7.00. The third kappa shape index (κ3) is 5.20. The van der Waals surface area contributed by atoms with Gasteiger partial charge in [-0.1, -0.05) is 56.0 Å². The molecule has 4 rings (SSSR count). The summed E-state index contributed by atoms with van der Waals surface area (Å²) in [5.41, 5.74) is 4.64. The number of aryl methyl sites for hydroxylation is 1. The third-order valence-electron chi connectivity index (χ3n) is 5.44. The number of nitrogens with zero attached hydrogens (tertiary/aromatic N) is 3. The molecule has 0 bridgehead atoms. The van der Waals surface area contributed by atoms with E-state index in [9.17, 15) is 4.79 Å². The van der Waals surface area contributed by atoms with Gasteiger partial charge in [0.2, 0.25) is 0 Å². The number of thiocarbonyl (C=S) groups is 1. The molecule has 1 saturated heterocycles. The standard InChI is InChI=1S/C26H27N3O2S2/c1-17(2)12-13-31-22-11-10-19(14-18(22)3)24-20(15-23-25(30)28(4)26(32)33-23)16-29(27-24)21-8-6-5-7-9-21/h5-11,14-17H,12-13H2,1-4H3. The molecule has 1 aromatic heterocycles. The van der Waals surface area contributed by atoms with Crippen LogP contribution in [0.15, 0.2) is 59.6 Å². The molecular weight excluding hydrogens is 450 g/mol. The van der Waals surface area contributed by atoms with Gasteiger partial charge in [-0.15, -0.1) is 0 Å². The van der Waals surface area contributed by atoms with Crippen molar-refractivity contribution in [2.75, 3.05) is 13.7 Å². The van der Waals surface area contributed by atoms with Gasteiger partial charge in [-0.25, -0.2) is 4.68 Å². The van der Waals surface area contributed by atoms with Gasteiger partial charge < -0.3 is 4.74 Å². The van der Waals surface area contributed by atoms with Gasteiger partial charge in [-0.2, -0.15) is 5.10 Å². The van der Waals surface area contributed by atoms with Crippen molar-refractivity contribution in [1.82, 2.24) is 14.7 Å². The minimum atomic E-state index is -0.0894. The zero-order chi connectivity index (χ0) is 23.5. The maximum Gasteiger partial charge on any atom is 0.265 e. The van der Waals surface area contributed by atoms with Gasteiger partial charge in [-0.3, -0.25) is 9.69 Å². The SMILES string of the molecule is Cc1cc(-c2nn(-c3ccccc3)cc2C=C2SC(=S)N(C)C2=O)ccc1OCCC(C)C. The third-order valence-corrected chi connectivity index (χ3v) is 6.92. The molecule has 0 radical (unpaired) electrons. The maximum atomic E-state index is 12.6. The first-order chi connectivity index (χ1) is 15.8. The number of rotatable bonds is 7. The highest BCUT2D eigenvalue weighted by Crippen LogP contribution is 2.35. The second-order valence-electron chi connectivity index (χ2n) is 8.47. The van der Waals surface area contributed by atoms with Gasteiger partial charge in [0.25, 0.3) is 5.91 Å². The van der Waals surface area contributed by atoms with Crippen molar-refractivity contribution in [2.45, 2.75) is 27.2 Å². The second-order valence-corrected chi connectivity index (χ2v) is 10.1. The number of hydrogen-bond acceptors (Lipinski definition) is 5. The predicted molar refractivity (Wildman–Crippen MR) is 140 cm³/mol. The van der Waals surface area contributed by atoms with E-state index in [0.29, 0.717) is 21.8 Å². The zero-order valence-electron chi connectivity index (χ0n) is 19.2. The van der Waals surface area contributed by atoms with E-state index in [0.717, 1.165) is 40.2 Å². The molecule has 33 heavy (non-hydrogen) atoms. The van der Waals surface area contributed by atoms with E-state index in [1.165, 1.54) is 16.7 Å². The van der Waals surface area contributed by atoms with Crippen molar-refractivity contribution >= 4 is 40.3 Å². The number of ether oxygens (including phenoxy) is 1. The molecule has 2 aromatic carbocycles. The van der Waals surface area contributed by atoms with E-state index in [2.05, 4.69) is 19.9 Å². The van der Waals surface area contributed by atoms with E-state index < -0.39 is 0 Å². The first-order valence-electron chi connectivity index (χ1n) is 10.9. The molecule has 1 fully saturated rings. The van der Waals surface area contributed by atoms with Crippen LogP contribution in [-0.2, 0) is 4.79 Å². The van der Waals surface area contributed by atoms with Crippen LogP contribution in [-0.4, -0.2) is 38.6 Å². The Morgan fingerprint density at radius 2 is 1.94 bits per heavy atom. The lowest BCUT2D eigenvalue weighted by atomic mass is 10.0. The summed E-state index contributed by atoms with van der Waals surface area (Å²) in [7, 11) is 1.70. The summed E-state index contributed by atoms with van der Waals surface area (Å²) in [6.07, 6.45) is 4.85. The van der Waals surface area contributed by atoms with Gasteiger partial charge in [0.15, 0.2) is 0 Å². The van der Waals surface area contributed by atoms with Crippen LogP contribution in [0, 0.1) is 12.8 Å². The summed E-state index contributed by atoms with van der Waals surface area (Å²) in [6.45, 7) is 7.13. The number of likely N-dealkylation sites (N-methyl/N-ethyl adjacent to an activating group) is 1. The van der Waals surface area contributed by atoms with Gasteiger partial charge in [0.1, 0.15) is 15.8 Å². The van der Waals surface area contributed by atoms with E-state index in [1.807, 2.05) is 66.3 Å². The molecule has 1 aliphatic heterocycles. The fraction of sp³-hybridized carbons (Fsp3) is 0.269. The maximum absolute atomic E-state index is 12.6. The lowest BCUT2D eigenvalue weighted by Crippen LogP contribution is -2.22. The van der Waals surface area contributed by atoms with Crippen LogP contribution in [0.2, 0.25) is 0 Å². The van der Waals surface area contributed by atoms with Crippen LogP contribution in [0.4, 0.5) is 0 Å². The molecule has 2 heterocycles. The molecule has 0 unspecified atom stereocenters. The Balaban J connectivity index is 1.72. The highest BCUT2D eigenvalue weighted by molar-refractivity contribution is 8.26. The van der Waals surface area contributed by atoms with E-state index in [1.54, 1.807) is 7.05 Å². The molecule has 5 nitrogen and oxygen atoms in total. The normalized spacial score (nSPS) is 15.2. The Labute approximate surface area is 204 Å². The molecule has 0 saturated carbocycles. The monoisotopic (exact) mass is 477 g/mol. The van der Waals surface area contributed by atoms with E-state index >= 15 is 0 Å². The Hall–Kier alpha value is -2.90. The molecular formula is C26H27N3O2S2. The summed E-state index contributed by atoms with van der Waals surface area (Å²) in [5, 5.41) is 4.88. The first kappa shape index (κ1) is 23.3. The smallest absolute Gasteiger partial charge is 0.265 e. The number of carbonyl (C=O) groups is 1.